The summed E-state index contributed by atoms with van der Waals surface area (Å²) < 4.78 is 0. The molecule has 1 heterocycles. The molecule has 0 radical (unpaired) electrons. The third-order valence-corrected chi connectivity index (χ3v) is 2.24. The lowest BCUT2D eigenvalue weighted by atomic mass is 10.1. The fraction of sp³-hybridized carbons (Fsp3) is 1.00. The molecule has 1 fully saturated rings. The van der Waals surface area contributed by atoms with Gasteiger partial charge in [0.2, 0.25) is 0 Å². The van der Waals surface area contributed by atoms with Crippen LogP contribution in [0.15, 0.2) is 0 Å². The number of aliphatic hydroxyl groups is 4. The Kier molecular flexibility index (Phi) is 3.42. The van der Waals surface area contributed by atoms with Crippen molar-refractivity contribution in [2.75, 3.05) is 13.2 Å². The van der Waals surface area contributed by atoms with Crippen LogP contribution in [0.4, 0.5) is 0 Å². The van der Waals surface area contributed by atoms with Crippen LogP contribution in [0, 0.1) is 0 Å². The van der Waals surface area contributed by atoms with Gasteiger partial charge in [0.15, 0.2) is 0 Å². The van der Waals surface area contributed by atoms with Gasteiger partial charge in [-0.25, -0.2) is 0 Å². The van der Waals surface area contributed by atoms with Gasteiger partial charge in [-0.3, -0.25) is 0 Å². The molecule has 0 spiro atoms. The molecule has 5 nitrogen and oxygen atoms in total. The lowest BCUT2D eigenvalue weighted by Gasteiger charge is -2.16. The largest absolute Gasteiger partial charge is 0.395 e. The second-order valence-electron chi connectivity index (χ2n) is 3.12. The molecule has 0 amide bonds. The van der Waals surface area contributed by atoms with Gasteiger partial charge in [-0.1, -0.05) is 0 Å². The van der Waals surface area contributed by atoms with E-state index in [1.807, 2.05) is 0 Å². The second kappa shape index (κ2) is 4.15. The minimum Gasteiger partial charge on any atom is -0.395 e. The first-order valence-corrected chi connectivity index (χ1v) is 4.03. The first kappa shape index (κ1) is 9.88. The standard InChI is InChI=1S/C7H15NO4/c9-2-5-6(11)1-4(8-5)7(12)3-10/h4-12H,1-3H2/t4-,5+,6-,7+/m0/s1. The van der Waals surface area contributed by atoms with E-state index in [9.17, 15) is 10.2 Å². The SMILES string of the molecule is OC[C@@H](O)[C@@H]1C[C@H](O)[C@@H](CO)N1. The summed E-state index contributed by atoms with van der Waals surface area (Å²) in [6.07, 6.45) is -1.13. The predicted octanol–water partition coefficient (Wildman–Crippen LogP) is -2.58. The lowest BCUT2D eigenvalue weighted by molar-refractivity contribution is 0.0641. The van der Waals surface area contributed by atoms with Crippen LogP contribution in [0.1, 0.15) is 6.42 Å². The van der Waals surface area contributed by atoms with Crippen LogP contribution >= 0.6 is 0 Å². The van der Waals surface area contributed by atoms with Crippen molar-refractivity contribution in [2.24, 2.45) is 0 Å². The van der Waals surface area contributed by atoms with Crippen LogP contribution in [-0.4, -0.2) is 57.9 Å². The molecule has 12 heavy (non-hydrogen) atoms. The maximum Gasteiger partial charge on any atom is 0.0924 e. The van der Waals surface area contributed by atoms with E-state index in [4.69, 9.17) is 10.2 Å². The van der Waals surface area contributed by atoms with Crippen molar-refractivity contribution in [3.63, 3.8) is 0 Å². The van der Waals surface area contributed by atoms with Gasteiger partial charge in [-0.15, -0.1) is 0 Å². The summed E-state index contributed by atoms with van der Waals surface area (Å²) in [5, 5.41) is 38.7. The van der Waals surface area contributed by atoms with E-state index in [0.29, 0.717) is 6.42 Å². The summed E-state index contributed by atoms with van der Waals surface area (Å²) in [5.41, 5.74) is 0. The minimum atomic E-state index is -0.865. The molecule has 0 aromatic rings. The highest BCUT2D eigenvalue weighted by Crippen LogP contribution is 2.15. The van der Waals surface area contributed by atoms with Crippen LogP contribution in [0.25, 0.3) is 0 Å². The van der Waals surface area contributed by atoms with Crippen molar-refractivity contribution in [3.05, 3.63) is 0 Å². The van der Waals surface area contributed by atoms with Gasteiger partial charge in [0.05, 0.1) is 31.5 Å². The van der Waals surface area contributed by atoms with E-state index in [1.165, 1.54) is 0 Å². The number of hydrogen-bond donors (Lipinski definition) is 5. The molecule has 72 valence electrons. The molecule has 0 bridgehead atoms. The predicted molar refractivity (Wildman–Crippen MR) is 41.5 cm³/mol. The highest BCUT2D eigenvalue weighted by Gasteiger charge is 2.35. The highest BCUT2D eigenvalue weighted by atomic mass is 16.3. The van der Waals surface area contributed by atoms with Crippen molar-refractivity contribution in [1.82, 2.24) is 5.32 Å². The first-order valence-electron chi connectivity index (χ1n) is 4.03. The molecule has 1 aliphatic heterocycles. The molecule has 0 aliphatic carbocycles. The maximum absolute atomic E-state index is 9.29. The molecule has 0 aromatic carbocycles. The molecule has 1 rings (SSSR count). The molecule has 5 N–H and O–H groups in total. The van der Waals surface area contributed by atoms with Crippen molar-refractivity contribution in [1.29, 1.82) is 0 Å². The van der Waals surface area contributed by atoms with Crippen molar-refractivity contribution >= 4 is 0 Å². The summed E-state index contributed by atoms with van der Waals surface area (Å²) in [6.45, 7) is -0.488. The molecule has 0 unspecified atom stereocenters. The smallest absolute Gasteiger partial charge is 0.0924 e. The molecule has 5 heteroatoms. The van der Waals surface area contributed by atoms with Gasteiger partial charge in [0.25, 0.3) is 0 Å². The van der Waals surface area contributed by atoms with E-state index in [2.05, 4.69) is 5.32 Å². The molecule has 1 saturated heterocycles. The zero-order valence-corrected chi connectivity index (χ0v) is 6.72. The Labute approximate surface area is 70.6 Å². The van der Waals surface area contributed by atoms with Crippen LogP contribution < -0.4 is 5.32 Å². The molecular formula is C7H15NO4. The number of aliphatic hydroxyl groups excluding tert-OH is 4. The Morgan fingerprint density at radius 1 is 1.42 bits per heavy atom. The fourth-order valence-corrected chi connectivity index (χ4v) is 1.45. The average Bonchev–Trinajstić information content (AvgIpc) is 2.45. The van der Waals surface area contributed by atoms with Crippen molar-refractivity contribution < 1.29 is 20.4 Å². The molecule has 1 aliphatic rings. The third-order valence-electron chi connectivity index (χ3n) is 2.24. The summed E-state index contributed by atoms with van der Waals surface area (Å²) in [6, 6.07) is -0.696. The lowest BCUT2D eigenvalue weighted by Crippen LogP contribution is -2.42. The zero-order valence-electron chi connectivity index (χ0n) is 6.72. The van der Waals surface area contributed by atoms with Crippen LogP contribution in [0.5, 0.6) is 0 Å². The maximum atomic E-state index is 9.29. The Bertz CT molecular complexity index is 143. The highest BCUT2D eigenvalue weighted by molar-refractivity contribution is 4.93. The number of rotatable bonds is 3. The molecule has 4 atom stereocenters. The van der Waals surface area contributed by atoms with Crippen LogP contribution in [0.2, 0.25) is 0 Å². The normalized spacial score (nSPS) is 38.5. The van der Waals surface area contributed by atoms with Crippen LogP contribution in [0.3, 0.4) is 0 Å². The average molecular weight is 177 g/mol. The number of nitrogens with one attached hydrogen (secondary N) is 1. The van der Waals surface area contributed by atoms with Gasteiger partial charge < -0.3 is 25.7 Å². The third kappa shape index (κ3) is 1.94. The van der Waals surface area contributed by atoms with E-state index in [-0.39, 0.29) is 25.3 Å². The summed E-state index contributed by atoms with van der Waals surface area (Å²) in [4.78, 5) is 0. The monoisotopic (exact) mass is 177 g/mol. The van der Waals surface area contributed by atoms with E-state index < -0.39 is 12.2 Å². The van der Waals surface area contributed by atoms with Gasteiger partial charge in [0.1, 0.15) is 0 Å². The summed E-state index contributed by atoms with van der Waals surface area (Å²) in [5.74, 6) is 0. The van der Waals surface area contributed by atoms with Gasteiger partial charge in [-0.05, 0) is 6.42 Å². The molecular weight excluding hydrogens is 162 g/mol. The zero-order chi connectivity index (χ0) is 9.14. The Morgan fingerprint density at radius 2 is 2.08 bits per heavy atom. The van der Waals surface area contributed by atoms with Gasteiger partial charge >= 0.3 is 0 Å². The molecule has 0 saturated carbocycles. The van der Waals surface area contributed by atoms with E-state index in [1.54, 1.807) is 0 Å². The second-order valence-corrected chi connectivity index (χ2v) is 3.12. The van der Waals surface area contributed by atoms with E-state index >= 15 is 0 Å². The molecule has 0 aromatic heterocycles. The van der Waals surface area contributed by atoms with Crippen molar-refractivity contribution in [2.45, 2.75) is 30.7 Å². The quantitative estimate of drug-likeness (QED) is 0.326. The summed E-state index contributed by atoms with van der Waals surface area (Å²) in [7, 11) is 0. The topological polar surface area (TPSA) is 93.0 Å². The Morgan fingerprint density at radius 3 is 2.50 bits per heavy atom. The Hall–Kier alpha value is -0.200. The fourth-order valence-electron chi connectivity index (χ4n) is 1.45. The van der Waals surface area contributed by atoms with Crippen molar-refractivity contribution in [3.8, 4) is 0 Å². The first-order chi connectivity index (χ1) is 5.69. The van der Waals surface area contributed by atoms with Gasteiger partial charge in [0, 0.05) is 6.04 Å². The Balaban J connectivity index is 2.42. The number of hydrogen-bond acceptors (Lipinski definition) is 5. The summed E-state index contributed by atoms with van der Waals surface area (Å²) >= 11 is 0. The van der Waals surface area contributed by atoms with Gasteiger partial charge in [-0.2, -0.15) is 0 Å². The minimum absolute atomic E-state index is 0.157. The van der Waals surface area contributed by atoms with Crippen LogP contribution in [-0.2, 0) is 0 Å². The van der Waals surface area contributed by atoms with E-state index in [0.717, 1.165) is 0 Å².